The molecule has 1 heterocycles. The minimum atomic E-state index is -0.0343. The molecule has 0 atom stereocenters. The van der Waals surface area contributed by atoms with Crippen LogP contribution >= 0.6 is 11.8 Å². The zero-order valence-corrected chi connectivity index (χ0v) is 16.7. The van der Waals surface area contributed by atoms with Gasteiger partial charge in [-0.2, -0.15) is 5.10 Å². The molecule has 0 saturated heterocycles. The highest BCUT2D eigenvalue weighted by atomic mass is 32.2. The topological polar surface area (TPSA) is 50.2 Å². The Morgan fingerprint density at radius 2 is 1.85 bits per heavy atom. The van der Waals surface area contributed by atoms with Crippen molar-refractivity contribution in [3.05, 3.63) is 71.9 Å². The van der Waals surface area contributed by atoms with E-state index in [4.69, 9.17) is 0 Å². The van der Waals surface area contributed by atoms with Crippen LogP contribution in [-0.2, 0) is 11.3 Å². The molecule has 3 rings (SSSR count). The van der Waals surface area contributed by atoms with E-state index in [1.54, 1.807) is 22.6 Å². The van der Waals surface area contributed by atoms with E-state index in [0.29, 0.717) is 18.1 Å². The van der Waals surface area contributed by atoms with Crippen LogP contribution < -0.4 is 10.2 Å². The molecule has 1 amide bonds. The van der Waals surface area contributed by atoms with Gasteiger partial charge in [-0.05, 0) is 36.2 Å². The Kier molecular flexibility index (Phi) is 6.19. The van der Waals surface area contributed by atoms with Crippen LogP contribution in [0.3, 0.4) is 0 Å². The third kappa shape index (κ3) is 5.14. The van der Waals surface area contributed by atoms with Crippen LogP contribution in [-0.4, -0.2) is 35.5 Å². The van der Waals surface area contributed by atoms with Gasteiger partial charge in [0.15, 0.2) is 0 Å². The molecule has 140 valence electrons. The lowest BCUT2D eigenvalue weighted by Gasteiger charge is -2.13. The van der Waals surface area contributed by atoms with Crippen molar-refractivity contribution in [2.24, 2.45) is 0 Å². The summed E-state index contributed by atoms with van der Waals surface area (Å²) in [5, 5.41) is 7.30. The molecule has 0 spiro atoms. The average molecular weight is 381 g/mol. The number of nitrogens with one attached hydrogen (secondary N) is 1. The smallest absolute Gasteiger partial charge is 0.235 e. The fourth-order valence-corrected chi connectivity index (χ4v) is 3.51. The summed E-state index contributed by atoms with van der Waals surface area (Å²) in [6.45, 7) is 2.66. The molecule has 3 aromatic rings. The number of anilines is 2. The van der Waals surface area contributed by atoms with Crippen LogP contribution in [0, 0.1) is 6.92 Å². The van der Waals surface area contributed by atoms with E-state index in [1.807, 2.05) is 38.4 Å². The van der Waals surface area contributed by atoms with Gasteiger partial charge in [0.05, 0.1) is 18.5 Å². The van der Waals surface area contributed by atoms with E-state index in [9.17, 15) is 4.79 Å². The Morgan fingerprint density at radius 3 is 2.56 bits per heavy atom. The molecule has 0 saturated carbocycles. The fourth-order valence-electron chi connectivity index (χ4n) is 2.68. The highest BCUT2D eigenvalue weighted by Gasteiger charge is 2.09. The van der Waals surface area contributed by atoms with Crippen molar-refractivity contribution in [2.75, 3.05) is 30.1 Å². The van der Waals surface area contributed by atoms with Gasteiger partial charge in [0.2, 0.25) is 5.91 Å². The first-order valence-corrected chi connectivity index (χ1v) is 9.78. The monoisotopic (exact) mass is 380 g/mol. The zero-order chi connectivity index (χ0) is 19.2. The lowest BCUT2D eigenvalue weighted by molar-refractivity contribution is -0.113. The van der Waals surface area contributed by atoms with E-state index < -0.39 is 0 Å². The number of nitrogens with zero attached hydrogens (tertiary/aromatic N) is 3. The number of hydrogen-bond acceptors (Lipinski definition) is 4. The van der Waals surface area contributed by atoms with Gasteiger partial charge < -0.3 is 10.2 Å². The summed E-state index contributed by atoms with van der Waals surface area (Å²) in [6, 6.07) is 18.2. The first-order valence-electron chi connectivity index (χ1n) is 8.79. The van der Waals surface area contributed by atoms with E-state index in [2.05, 4.69) is 52.6 Å². The van der Waals surface area contributed by atoms with Gasteiger partial charge in [0, 0.05) is 30.7 Å². The van der Waals surface area contributed by atoms with E-state index in [1.165, 1.54) is 5.56 Å². The minimum absolute atomic E-state index is 0.0343. The van der Waals surface area contributed by atoms with Gasteiger partial charge in [-0.3, -0.25) is 4.79 Å². The van der Waals surface area contributed by atoms with Crippen molar-refractivity contribution in [1.82, 2.24) is 9.78 Å². The first kappa shape index (κ1) is 19.0. The van der Waals surface area contributed by atoms with Crippen molar-refractivity contribution >= 4 is 29.2 Å². The Hall–Kier alpha value is -2.73. The molecule has 1 aromatic heterocycles. The summed E-state index contributed by atoms with van der Waals surface area (Å²) in [5.74, 6) is 1.04. The Bertz CT molecular complexity index is 903. The van der Waals surface area contributed by atoms with Gasteiger partial charge in [-0.15, -0.1) is 11.8 Å². The highest BCUT2D eigenvalue weighted by molar-refractivity contribution is 8.00. The summed E-state index contributed by atoms with van der Waals surface area (Å²) in [6.07, 6.45) is 1.71. The second-order valence-corrected chi connectivity index (χ2v) is 7.55. The molecule has 6 heteroatoms. The fraction of sp³-hybridized carbons (Fsp3) is 0.238. The molecule has 27 heavy (non-hydrogen) atoms. The molecule has 0 unspecified atom stereocenters. The predicted octanol–water partition coefficient (Wildman–Crippen LogP) is 4.04. The Morgan fingerprint density at radius 1 is 1.11 bits per heavy atom. The summed E-state index contributed by atoms with van der Waals surface area (Å²) in [4.78, 5) is 15.5. The molecule has 0 bridgehead atoms. The molecule has 2 aromatic carbocycles. The van der Waals surface area contributed by atoms with Gasteiger partial charge in [-0.25, -0.2) is 4.68 Å². The summed E-state index contributed by atoms with van der Waals surface area (Å²) in [7, 11) is 4.04. The van der Waals surface area contributed by atoms with Gasteiger partial charge >= 0.3 is 0 Å². The third-order valence-corrected chi connectivity index (χ3v) is 5.40. The van der Waals surface area contributed by atoms with Crippen LogP contribution in [0.4, 0.5) is 11.5 Å². The maximum absolute atomic E-state index is 12.3. The number of hydrogen-bond donors (Lipinski definition) is 1. The van der Waals surface area contributed by atoms with Crippen LogP contribution in [0.1, 0.15) is 11.1 Å². The van der Waals surface area contributed by atoms with Crippen molar-refractivity contribution in [1.29, 1.82) is 0 Å². The van der Waals surface area contributed by atoms with Crippen LogP contribution in [0.15, 0.2) is 65.7 Å². The lowest BCUT2D eigenvalue weighted by Crippen LogP contribution is -2.18. The molecule has 0 aliphatic carbocycles. The number of thioether (sulfide) groups is 1. The first-order chi connectivity index (χ1) is 13.0. The number of carbonyl (C=O) groups is 1. The maximum Gasteiger partial charge on any atom is 0.235 e. The van der Waals surface area contributed by atoms with Crippen molar-refractivity contribution in [3.63, 3.8) is 0 Å². The number of amides is 1. The normalized spacial score (nSPS) is 10.6. The largest absolute Gasteiger partial charge is 0.378 e. The van der Waals surface area contributed by atoms with Crippen LogP contribution in [0.25, 0.3) is 0 Å². The van der Waals surface area contributed by atoms with Crippen molar-refractivity contribution in [3.8, 4) is 0 Å². The second kappa shape index (κ2) is 8.77. The quantitative estimate of drug-likeness (QED) is 0.629. The van der Waals surface area contributed by atoms with Crippen LogP contribution in [0.2, 0.25) is 0 Å². The van der Waals surface area contributed by atoms with E-state index >= 15 is 0 Å². The second-order valence-electron chi connectivity index (χ2n) is 6.54. The lowest BCUT2D eigenvalue weighted by atomic mass is 10.2. The van der Waals surface area contributed by atoms with Crippen LogP contribution in [0.5, 0.6) is 0 Å². The Labute approximate surface area is 164 Å². The standard InChI is InChI=1S/C21H24N4OS/c1-16-6-4-5-7-19(16)27-15-21(26)23-20-12-13-22-25(20)14-17-8-10-18(11-9-17)24(2)3/h4-13H,14-15H2,1-3H3,(H,23,26). The molecular formula is C21H24N4OS. The number of carbonyl (C=O) groups excluding carboxylic acids is 1. The van der Waals surface area contributed by atoms with Crippen molar-refractivity contribution < 1.29 is 4.79 Å². The molecule has 0 aliphatic rings. The number of aryl methyl sites for hydroxylation is 1. The van der Waals surface area contributed by atoms with E-state index in [0.717, 1.165) is 16.1 Å². The van der Waals surface area contributed by atoms with Gasteiger partial charge in [-0.1, -0.05) is 30.3 Å². The molecule has 5 nitrogen and oxygen atoms in total. The number of benzene rings is 2. The maximum atomic E-state index is 12.3. The zero-order valence-electron chi connectivity index (χ0n) is 15.8. The summed E-state index contributed by atoms with van der Waals surface area (Å²) >= 11 is 1.54. The highest BCUT2D eigenvalue weighted by Crippen LogP contribution is 2.22. The van der Waals surface area contributed by atoms with Gasteiger partial charge in [0.1, 0.15) is 5.82 Å². The van der Waals surface area contributed by atoms with Gasteiger partial charge in [0.25, 0.3) is 0 Å². The number of aromatic nitrogens is 2. The SMILES string of the molecule is Cc1ccccc1SCC(=O)Nc1ccnn1Cc1ccc(N(C)C)cc1. The Balaban J connectivity index is 1.59. The minimum Gasteiger partial charge on any atom is -0.378 e. The molecule has 0 fully saturated rings. The predicted molar refractivity (Wildman–Crippen MR) is 113 cm³/mol. The van der Waals surface area contributed by atoms with Crippen molar-refractivity contribution in [2.45, 2.75) is 18.4 Å². The molecular weight excluding hydrogens is 356 g/mol. The molecule has 1 N–H and O–H groups in total. The summed E-state index contributed by atoms with van der Waals surface area (Å²) in [5.41, 5.74) is 3.47. The third-order valence-electron chi connectivity index (χ3n) is 4.22. The average Bonchev–Trinajstić information content (AvgIpc) is 3.08. The van der Waals surface area contributed by atoms with E-state index in [-0.39, 0.29) is 5.91 Å². The summed E-state index contributed by atoms with van der Waals surface area (Å²) < 4.78 is 1.81. The number of rotatable bonds is 7. The molecule has 0 radical (unpaired) electrons. The molecule has 0 aliphatic heterocycles.